The molecule has 0 aromatic heterocycles. The molecular formula is C11H16N2O. The molecule has 0 saturated carbocycles. The van der Waals surface area contributed by atoms with Crippen molar-refractivity contribution >= 4 is 5.91 Å². The zero-order valence-corrected chi connectivity index (χ0v) is 8.79. The molecule has 76 valence electrons. The van der Waals surface area contributed by atoms with E-state index in [1.54, 1.807) is 14.1 Å². The van der Waals surface area contributed by atoms with E-state index in [2.05, 4.69) is 10.6 Å². The molecule has 0 aliphatic heterocycles. The fraction of sp³-hybridized carbons (Fsp3) is 0.364. The molecule has 1 atom stereocenters. The van der Waals surface area contributed by atoms with Crippen LogP contribution in [0.15, 0.2) is 24.3 Å². The van der Waals surface area contributed by atoms with Gasteiger partial charge in [-0.1, -0.05) is 29.8 Å². The van der Waals surface area contributed by atoms with Crippen molar-refractivity contribution < 1.29 is 4.79 Å². The van der Waals surface area contributed by atoms with E-state index < -0.39 is 0 Å². The lowest BCUT2D eigenvalue weighted by Crippen LogP contribution is -2.33. The first-order valence-corrected chi connectivity index (χ1v) is 4.64. The smallest absolute Gasteiger partial charge is 0.241 e. The number of hydrogen-bond acceptors (Lipinski definition) is 2. The van der Waals surface area contributed by atoms with Gasteiger partial charge in [0.25, 0.3) is 0 Å². The van der Waals surface area contributed by atoms with E-state index >= 15 is 0 Å². The van der Waals surface area contributed by atoms with Crippen LogP contribution in [0.25, 0.3) is 0 Å². The van der Waals surface area contributed by atoms with E-state index in [9.17, 15) is 4.79 Å². The highest BCUT2D eigenvalue weighted by Gasteiger charge is 2.16. The van der Waals surface area contributed by atoms with Gasteiger partial charge in [-0.25, -0.2) is 0 Å². The van der Waals surface area contributed by atoms with E-state index in [0.717, 1.165) is 11.1 Å². The third kappa shape index (κ3) is 2.33. The van der Waals surface area contributed by atoms with Crippen molar-refractivity contribution in [1.29, 1.82) is 0 Å². The van der Waals surface area contributed by atoms with E-state index in [0.29, 0.717) is 0 Å². The third-order valence-electron chi connectivity index (χ3n) is 2.17. The summed E-state index contributed by atoms with van der Waals surface area (Å²) in [6.07, 6.45) is 0. The van der Waals surface area contributed by atoms with Crippen molar-refractivity contribution in [2.24, 2.45) is 0 Å². The molecule has 1 rings (SSSR count). The van der Waals surface area contributed by atoms with Crippen molar-refractivity contribution in [3.8, 4) is 0 Å². The van der Waals surface area contributed by atoms with Crippen molar-refractivity contribution in [3.05, 3.63) is 35.4 Å². The molecule has 0 fully saturated rings. The summed E-state index contributed by atoms with van der Waals surface area (Å²) in [5.74, 6) is -0.0156. The van der Waals surface area contributed by atoms with Gasteiger partial charge < -0.3 is 10.6 Å². The second-order valence-electron chi connectivity index (χ2n) is 3.25. The largest absolute Gasteiger partial charge is 0.358 e. The van der Waals surface area contributed by atoms with Crippen LogP contribution < -0.4 is 10.6 Å². The Kier molecular flexibility index (Phi) is 3.65. The van der Waals surface area contributed by atoms with Crippen molar-refractivity contribution in [2.75, 3.05) is 14.1 Å². The zero-order chi connectivity index (χ0) is 10.6. The van der Waals surface area contributed by atoms with E-state index in [-0.39, 0.29) is 11.9 Å². The number of carbonyl (C=O) groups excluding carboxylic acids is 1. The Morgan fingerprint density at radius 3 is 2.57 bits per heavy atom. The number of benzene rings is 1. The Labute approximate surface area is 84.5 Å². The Bertz CT molecular complexity index is 323. The standard InChI is InChI=1S/C11H16N2O/c1-8-5-4-6-9(7-8)10(12-2)11(14)13-3/h4-7,10,12H,1-3H3,(H,13,14). The van der Waals surface area contributed by atoms with Gasteiger partial charge in [0.15, 0.2) is 0 Å². The highest BCUT2D eigenvalue weighted by atomic mass is 16.2. The topological polar surface area (TPSA) is 41.1 Å². The molecule has 0 aliphatic rings. The molecule has 1 aromatic carbocycles. The van der Waals surface area contributed by atoms with Crippen LogP contribution in [0.3, 0.4) is 0 Å². The maximum Gasteiger partial charge on any atom is 0.241 e. The maximum absolute atomic E-state index is 11.5. The number of aryl methyl sites for hydroxylation is 1. The van der Waals surface area contributed by atoms with Gasteiger partial charge in [-0.15, -0.1) is 0 Å². The molecule has 1 unspecified atom stereocenters. The van der Waals surface area contributed by atoms with E-state index in [1.807, 2.05) is 31.2 Å². The molecule has 0 saturated heterocycles. The molecule has 0 aliphatic carbocycles. The molecule has 3 nitrogen and oxygen atoms in total. The average Bonchev–Trinajstić information content (AvgIpc) is 2.19. The second-order valence-corrected chi connectivity index (χ2v) is 3.25. The molecule has 2 N–H and O–H groups in total. The number of likely N-dealkylation sites (N-methyl/N-ethyl adjacent to an activating group) is 2. The maximum atomic E-state index is 11.5. The van der Waals surface area contributed by atoms with Crippen molar-refractivity contribution in [2.45, 2.75) is 13.0 Å². The van der Waals surface area contributed by atoms with Gasteiger partial charge in [-0.05, 0) is 19.5 Å². The number of amides is 1. The van der Waals surface area contributed by atoms with Gasteiger partial charge in [-0.3, -0.25) is 4.79 Å². The Hall–Kier alpha value is -1.35. The monoisotopic (exact) mass is 192 g/mol. The first-order chi connectivity index (χ1) is 6.69. The van der Waals surface area contributed by atoms with E-state index in [1.165, 1.54) is 0 Å². The molecule has 1 aromatic rings. The SMILES string of the molecule is CNC(=O)C(NC)c1cccc(C)c1. The fourth-order valence-electron chi connectivity index (χ4n) is 1.44. The lowest BCUT2D eigenvalue weighted by atomic mass is 10.0. The van der Waals surface area contributed by atoms with Gasteiger partial charge in [0.2, 0.25) is 5.91 Å². The molecule has 0 bridgehead atoms. The molecule has 1 amide bonds. The summed E-state index contributed by atoms with van der Waals surface area (Å²) < 4.78 is 0. The summed E-state index contributed by atoms with van der Waals surface area (Å²) in [6, 6.07) is 7.66. The van der Waals surface area contributed by atoms with Crippen LogP contribution in [0.2, 0.25) is 0 Å². The van der Waals surface area contributed by atoms with E-state index in [4.69, 9.17) is 0 Å². The molecule has 0 spiro atoms. The van der Waals surface area contributed by atoms with Crippen LogP contribution in [0.1, 0.15) is 17.2 Å². The van der Waals surface area contributed by atoms with Gasteiger partial charge >= 0.3 is 0 Å². The number of rotatable bonds is 3. The Balaban J connectivity index is 2.94. The molecule has 3 heteroatoms. The van der Waals surface area contributed by atoms with Crippen LogP contribution in [0.5, 0.6) is 0 Å². The first-order valence-electron chi connectivity index (χ1n) is 4.64. The summed E-state index contributed by atoms with van der Waals surface area (Å²) >= 11 is 0. The summed E-state index contributed by atoms with van der Waals surface area (Å²) in [5, 5.41) is 5.62. The molecule has 0 heterocycles. The van der Waals surface area contributed by atoms with Crippen LogP contribution in [-0.2, 0) is 4.79 Å². The highest BCUT2D eigenvalue weighted by molar-refractivity contribution is 5.82. The predicted octanol–water partition coefficient (Wildman–Crippen LogP) is 1.00. The lowest BCUT2D eigenvalue weighted by molar-refractivity contribution is -0.122. The normalized spacial score (nSPS) is 12.2. The minimum absolute atomic E-state index is 0.0156. The predicted molar refractivity (Wildman–Crippen MR) is 57.0 cm³/mol. The Morgan fingerprint density at radius 1 is 1.36 bits per heavy atom. The Morgan fingerprint density at radius 2 is 2.07 bits per heavy atom. The van der Waals surface area contributed by atoms with Crippen LogP contribution in [0.4, 0.5) is 0 Å². The molecular weight excluding hydrogens is 176 g/mol. The minimum atomic E-state index is -0.264. The summed E-state index contributed by atoms with van der Waals surface area (Å²) in [6.45, 7) is 2.01. The zero-order valence-electron chi connectivity index (χ0n) is 8.79. The first kappa shape index (κ1) is 10.7. The summed E-state index contributed by atoms with van der Waals surface area (Å²) in [5.41, 5.74) is 2.15. The third-order valence-corrected chi connectivity index (χ3v) is 2.17. The lowest BCUT2D eigenvalue weighted by Gasteiger charge is -2.15. The van der Waals surface area contributed by atoms with Crippen LogP contribution >= 0.6 is 0 Å². The van der Waals surface area contributed by atoms with Crippen LogP contribution in [-0.4, -0.2) is 20.0 Å². The molecule has 14 heavy (non-hydrogen) atoms. The van der Waals surface area contributed by atoms with Gasteiger partial charge in [0.05, 0.1) is 0 Å². The summed E-state index contributed by atoms with van der Waals surface area (Å²) in [7, 11) is 3.42. The molecule has 0 radical (unpaired) electrons. The number of hydrogen-bond donors (Lipinski definition) is 2. The second kappa shape index (κ2) is 4.77. The minimum Gasteiger partial charge on any atom is -0.358 e. The highest BCUT2D eigenvalue weighted by Crippen LogP contribution is 2.13. The summed E-state index contributed by atoms with van der Waals surface area (Å²) in [4.78, 5) is 11.5. The van der Waals surface area contributed by atoms with Gasteiger partial charge in [-0.2, -0.15) is 0 Å². The number of nitrogens with one attached hydrogen (secondary N) is 2. The number of carbonyl (C=O) groups is 1. The van der Waals surface area contributed by atoms with Crippen molar-refractivity contribution in [3.63, 3.8) is 0 Å². The van der Waals surface area contributed by atoms with Gasteiger partial charge in [0, 0.05) is 7.05 Å². The van der Waals surface area contributed by atoms with Crippen molar-refractivity contribution in [1.82, 2.24) is 10.6 Å². The van der Waals surface area contributed by atoms with Gasteiger partial charge in [0.1, 0.15) is 6.04 Å². The average molecular weight is 192 g/mol. The fourth-order valence-corrected chi connectivity index (χ4v) is 1.44. The quantitative estimate of drug-likeness (QED) is 0.750. The van der Waals surface area contributed by atoms with Crippen LogP contribution in [0, 0.1) is 6.92 Å².